The van der Waals surface area contributed by atoms with Crippen LogP contribution in [0.25, 0.3) is 0 Å². The number of carboxylic acid groups (broad SMARTS) is 1. The fraction of sp³-hybridized carbons (Fsp3) is 0.833. The number of hydrogen-bond acceptors (Lipinski definition) is 3. The monoisotopic (exact) mass is 314 g/mol. The number of hydrogen-bond donors (Lipinski definition) is 3. The van der Waals surface area contributed by atoms with E-state index in [1.165, 1.54) is 44.9 Å². The summed E-state index contributed by atoms with van der Waals surface area (Å²) in [6.07, 6.45) is 18.0. The van der Waals surface area contributed by atoms with Crippen LogP contribution < -0.4 is 0 Å². The van der Waals surface area contributed by atoms with Crippen molar-refractivity contribution in [3.63, 3.8) is 0 Å². The van der Waals surface area contributed by atoms with Crippen molar-refractivity contribution in [1.29, 1.82) is 0 Å². The molecule has 22 heavy (non-hydrogen) atoms. The third-order valence-corrected chi connectivity index (χ3v) is 3.88. The first-order valence-corrected chi connectivity index (χ1v) is 8.84. The van der Waals surface area contributed by atoms with E-state index in [4.69, 9.17) is 15.3 Å². The minimum atomic E-state index is -2.56. The topological polar surface area (TPSA) is 77.8 Å². The van der Waals surface area contributed by atoms with Crippen LogP contribution in [0.5, 0.6) is 0 Å². The lowest BCUT2D eigenvalue weighted by atomic mass is 10.1. The van der Waals surface area contributed by atoms with E-state index in [-0.39, 0.29) is 6.42 Å². The molecule has 3 N–H and O–H groups in total. The number of carbonyl (C=O) groups is 1. The van der Waals surface area contributed by atoms with Crippen molar-refractivity contribution in [3.8, 4) is 0 Å². The molecule has 0 bridgehead atoms. The Hall–Kier alpha value is -0.870. The van der Waals surface area contributed by atoms with E-state index in [0.29, 0.717) is 6.42 Å². The van der Waals surface area contributed by atoms with Gasteiger partial charge in [0.1, 0.15) is 0 Å². The summed E-state index contributed by atoms with van der Waals surface area (Å²) < 4.78 is 0. The van der Waals surface area contributed by atoms with Crippen LogP contribution in [0.2, 0.25) is 0 Å². The lowest BCUT2D eigenvalue weighted by molar-refractivity contribution is -0.205. The van der Waals surface area contributed by atoms with Crippen molar-refractivity contribution in [3.05, 3.63) is 12.2 Å². The Balaban J connectivity index is 3.29. The third kappa shape index (κ3) is 12.8. The molecule has 0 unspecified atom stereocenters. The normalized spacial score (nSPS) is 12.1. The minimum absolute atomic E-state index is 0.101. The van der Waals surface area contributed by atoms with E-state index in [1.807, 2.05) is 0 Å². The molecular formula is C18H34O4. The molecule has 0 aromatic rings. The molecule has 0 saturated heterocycles. The quantitative estimate of drug-likeness (QED) is 0.238. The van der Waals surface area contributed by atoms with E-state index in [9.17, 15) is 4.79 Å². The number of allylic oxidation sites excluding steroid dienone is 2. The highest BCUT2D eigenvalue weighted by molar-refractivity contribution is 5.74. The van der Waals surface area contributed by atoms with Crippen LogP contribution in [0, 0.1) is 0 Å². The maximum Gasteiger partial charge on any atom is 0.364 e. The van der Waals surface area contributed by atoms with Crippen molar-refractivity contribution >= 4 is 5.97 Å². The highest BCUT2D eigenvalue weighted by atomic mass is 16.5. The van der Waals surface area contributed by atoms with Crippen LogP contribution in [-0.2, 0) is 4.79 Å². The Kier molecular flexibility index (Phi) is 13.2. The average molecular weight is 314 g/mol. The van der Waals surface area contributed by atoms with E-state index in [1.54, 1.807) is 0 Å². The molecule has 0 aliphatic heterocycles. The average Bonchev–Trinajstić information content (AvgIpc) is 2.47. The summed E-state index contributed by atoms with van der Waals surface area (Å²) in [5, 5.41) is 26.8. The summed E-state index contributed by atoms with van der Waals surface area (Å²) in [6.45, 7) is 2.24. The fourth-order valence-corrected chi connectivity index (χ4v) is 2.37. The van der Waals surface area contributed by atoms with Crippen LogP contribution in [0.3, 0.4) is 0 Å². The van der Waals surface area contributed by atoms with Crippen LogP contribution in [-0.4, -0.2) is 27.1 Å². The molecule has 0 aromatic heterocycles. The van der Waals surface area contributed by atoms with E-state index >= 15 is 0 Å². The summed E-state index contributed by atoms with van der Waals surface area (Å²) in [7, 11) is 0. The Morgan fingerprint density at radius 2 is 1.27 bits per heavy atom. The molecule has 0 aromatic carbocycles. The summed E-state index contributed by atoms with van der Waals surface area (Å²) >= 11 is 0. The Labute approximate surface area is 135 Å². The number of rotatable bonds is 15. The molecule has 0 heterocycles. The van der Waals surface area contributed by atoms with E-state index in [0.717, 1.165) is 25.7 Å². The molecule has 0 rings (SSSR count). The first-order chi connectivity index (χ1) is 10.5. The van der Waals surface area contributed by atoms with Gasteiger partial charge in [-0.15, -0.1) is 0 Å². The number of aliphatic hydroxyl groups is 2. The smallest absolute Gasteiger partial charge is 0.364 e. The second-order valence-electron chi connectivity index (χ2n) is 6.10. The van der Waals surface area contributed by atoms with Gasteiger partial charge < -0.3 is 15.3 Å². The minimum Gasteiger partial charge on any atom is -0.477 e. The zero-order valence-corrected chi connectivity index (χ0v) is 14.1. The maximum absolute atomic E-state index is 10.5. The lowest BCUT2D eigenvalue weighted by Gasteiger charge is -2.15. The lowest BCUT2D eigenvalue weighted by Crippen LogP contribution is -2.37. The second kappa shape index (κ2) is 13.8. The molecule has 0 atom stereocenters. The molecule has 0 fully saturated rings. The van der Waals surface area contributed by atoms with E-state index in [2.05, 4.69) is 19.1 Å². The highest BCUT2D eigenvalue weighted by Gasteiger charge is 2.31. The molecule has 130 valence electrons. The van der Waals surface area contributed by atoms with Crippen LogP contribution in [0.1, 0.15) is 90.4 Å². The van der Waals surface area contributed by atoms with Gasteiger partial charge >= 0.3 is 5.97 Å². The zero-order valence-electron chi connectivity index (χ0n) is 14.1. The third-order valence-electron chi connectivity index (χ3n) is 3.88. The Morgan fingerprint density at radius 3 is 1.77 bits per heavy atom. The summed E-state index contributed by atoms with van der Waals surface area (Å²) in [4.78, 5) is 10.5. The van der Waals surface area contributed by atoms with Gasteiger partial charge in [-0.1, -0.05) is 64.0 Å². The van der Waals surface area contributed by atoms with Gasteiger partial charge in [0.15, 0.2) is 0 Å². The van der Waals surface area contributed by atoms with Crippen LogP contribution >= 0.6 is 0 Å². The SMILES string of the molecule is CCCCCCCCC=CCCCCCCC(O)(O)C(=O)O. The number of aliphatic carboxylic acids is 1. The summed E-state index contributed by atoms with van der Waals surface area (Å²) in [6, 6.07) is 0. The zero-order chi connectivity index (χ0) is 16.7. The maximum atomic E-state index is 10.5. The summed E-state index contributed by atoms with van der Waals surface area (Å²) in [5.41, 5.74) is 0. The molecule has 0 saturated carbocycles. The summed E-state index contributed by atoms with van der Waals surface area (Å²) in [5.74, 6) is -4.12. The van der Waals surface area contributed by atoms with Gasteiger partial charge in [0.25, 0.3) is 5.79 Å². The molecule has 0 aliphatic rings. The molecule has 0 amide bonds. The first kappa shape index (κ1) is 21.1. The van der Waals surface area contributed by atoms with Gasteiger partial charge in [-0.3, -0.25) is 0 Å². The van der Waals surface area contributed by atoms with Crippen molar-refractivity contribution in [1.82, 2.24) is 0 Å². The van der Waals surface area contributed by atoms with Gasteiger partial charge in [0.2, 0.25) is 0 Å². The predicted octanol–water partition coefficient (Wildman–Crippen LogP) is 4.40. The van der Waals surface area contributed by atoms with Gasteiger partial charge in [-0.25, -0.2) is 4.79 Å². The van der Waals surface area contributed by atoms with Crippen LogP contribution in [0.15, 0.2) is 12.2 Å². The first-order valence-electron chi connectivity index (χ1n) is 8.84. The van der Waals surface area contributed by atoms with Gasteiger partial charge in [0.05, 0.1) is 0 Å². The van der Waals surface area contributed by atoms with Crippen molar-refractivity contribution in [2.45, 2.75) is 96.2 Å². The molecule has 0 spiro atoms. The van der Waals surface area contributed by atoms with Crippen molar-refractivity contribution in [2.24, 2.45) is 0 Å². The van der Waals surface area contributed by atoms with Gasteiger partial charge in [0, 0.05) is 6.42 Å². The standard InChI is InChI=1S/C18H34O4/c1-2-3-4-5-6-7-8-9-10-11-12-13-14-15-16-18(21,22)17(19)20/h9-10,21-22H,2-8,11-16H2,1H3,(H,19,20). The van der Waals surface area contributed by atoms with Crippen LogP contribution in [0.4, 0.5) is 0 Å². The molecule has 0 aliphatic carbocycles. The number of carboxylic acids is 1. The molecule has 4 heteroatoms. The fourth-order valence-electron chi connectivity index (χ4n) is 2.37. The Bertz CT molecular complexity index is 297. The Morgan fingerprint density at radius 1 is 0.818 bits per heavy atom. The van der Waals surface area contributed by atoms with E-state index < -0.39 is 11.8 Å². The molecule has 0 radical (unpaired) electrons. The second-order valence-corrected chi connectivity index (χ2v) is 6.10. The molecular weight excluding hydrogens is 280 g/mol. The van der Waals surface area contributed by atoms with Crippen molar-refractivity contribution in [2.75, 3.05) is 0 Å². The predicted molar refractivity (Wildman–Crippen MR) is 89.6 cm³/mol. The van der Waals surface area contributed by atoms with Gasteiger partial charge in [-0.05, 0) is 32.1 Å². The number of unbranched alkanes of at least 4 members (excludes halogenated alkanes) is 10. The molecule has 4 nitrogen and oxygen atoms in total. The van der Waals surface area contributed by atoms with Gasteiger partial charge in [-0.2, -0.15) is 0 Å². The largest absolute Gasteiger partial charge is 0.477 e. The van der Waals surface area contributed by atoms with Crippen molar-refractivity contribution < 1.29 is 20.1 Å². The highest BCUT2D eigenvalue weighted by Crippen LogP contribution is 2.14.